The number of aryl methyl sites for hydroxylation is 1. The molecule has 0 aliphatic heterocycles. The first kappa shape index (κ1) is 9.83. The zero-order valence-corrected chi connectivity index (χ0v) is 7.01. The maximum Gasteiger partial charge on any atom is 0.157 e. The molecule has 13 heavy (non-hydrogen) atoms. The van der Waals surface area contributed by atoms with Gasteiger partial charge in [0.1, 0.15) is 0 Å². The van der Waals surface area contributed by atoms with Gasteiger partial charge in [0.05, 0.1) is 0 Å². The number of hydrogen-bond acceptors (Lipinski definition) is 4. The van der Waals surface area contributed by atoms with Crippen LogP contribution in [0.4, 0.5) is 0 Å². The molecule has 0 aliphatic rings. The third-order valence-electron chi connectivity index (χ3n) is 1.73. The zero-order valence-electron chi connectivity index (χ0n) is 7.01. The maximum atomic E-state index is 9.09. The van der Waals surface area contributed by atoms with Crippen LogP contribution in [-0.4, -0.2) is 26.7 Å². The Labute approximate surface area is 75.7 Å². The van der Waals surface area contributed by atoms with E-state index in [0.717, 1.165) is 5.56 Å². The van der Waals surface area contributed by atoms with E-state index in [1.165, 1.54) is 12.1 Å². The smallest absolute Gasteiger partial charge is 0.157 e. The van der Waals surface area contributed by atoms with Crippen molar-refractivity contribution in [3.8, 4) is 11.5 Å². The van der Waals surface area contributed by atoms with Crippen LogP contribution >= 0.6 is 0 Å². The number of hydrogen-bond donors (Lipinski definition) is 4. The van der Waals surface area contributed by atoms with Crippen LogP contribution in [-0.2, 0) is 6.42 Å². The normalized spacial score (nSPS) is 10.7. The van der Waals surface area contributed by atoms with E-state index >= 15 is 0 Å². The molecule has 1 rings (SSSR count). The van der Waals surface area contributed by atoms with E-state index in [9.17, 15) is 0 Å². The Morgan fingerprint density at radius 3 is 2.31 bits per heavy atom. The Kier molecular flexibility index (Phi) is 3.11. The lowest BCUT2D eigenvalue weighted by Gasteiger charge is -2.04. The van der Waals surface area contributed by atoms with E-state index in [1.807, 2.05) is 0 Å². The lowest BCUT2D eigenvalue weighted by atomic mass is 10.1. The third kappa shape index (κ3) is 2.93. The molecule has 0 spiro atoms. The number of rotatable bonds is 3. The van der Waals surface area contributed by atoms with Gasteiger partial charge < -0.3 is 20.4 Å². The number of aliphatic hydroxyl groups excluding tert-OH is 1. The minimum absolute atomic E-state index is 0.173. The summed E-state index contributed by atoms with van der Waals surface area (Å²) in [7, 11) is 0. The van der Waals surface area contributed by atoms with Gasteiger partial charge >= 0.3 is 0 Å². The number of aliphatic hydroxyl groups is 2. The maximum absolute atomic E-state index is 9.09. The first-order valence-electron chi connectivity index (χ1n) is 3.96. The average molecular weight is 184 g/mol. The molecule has 0 saturated carbocycles. The van der Waals surface area contributed by atoms with Crippen molar-refractivity contribution in [3.63, 3.8) is 0 Å². The van der Waals surface area contributed by atoms with Gasteiger partial charge in [-0.25, -0.2) is 0 Å². The minimum Gasteiger partial charge on any atom is -0.504 e. The standard InChI is InChI=1S/C9H12O4/c10-7-3-1-6(5-8(7)11)2-4-9(12)13/h1,3,5,9-13H,2,4H2. The molecule has 0 unspecified atom stereocenters. The Balaban J connectivity index is 2.63. The number of phenols is 2. The highest BCUT2D eigenvalue weighted by Crippen LogP contribution is 2.25. The monoisotopic (exact) mass is 184 g/mol. The zero-order chi connectivity index (χ0) is 9.84. The van der Waals surface area contributed by atoms with Gasteiger partial charge in [0.15, 0.2) is 17.8 Å². The molecule has 4 heteroatoms. The number of aromatic hydroxyl groups is 2. The van der Waals surface area contributed by atoms with Crippen molar-refractivity contribution in [1.29, 1.82) is 0 Å². The summed E-state index contributed by atoms with van der Waals surface area (Å²) in [5.41, 5.74) is 0.753. The van der Waals surface area contributed by atoms with Crippen LogP contribution in [0.1, 0.15) is 12.0 Å². The first-order chi connectivity index (χ1) is 6.09. The van der Waals surface area contributed by atoms with Crippen molar-refractivity contribution in [2.75, 3.05) is 0 Å². The van der Waals surface area contributed by atoms with Crippen LogP contribution in [0.3, 0.4) is 0 Å². The fourth-order valence-corrected chi connectivity index (χ4v) is 1.02. The summed E-state index contributed by atoms with van der Waals surface area (Å²) < 4.78 is 0. The van der Waals surface area contributed by atoms with E-state index in [1.54, 1.807) is 6.07 Å². The lowest BCUT2D eigenvalue weighted by Crippen LogP contribution is -2.05. The van der Waals surface area contributed by atoms with Gasteiger partial charge in [-0.05, 0) is 24.1 Å². The highest BCUT2D eigenvalue weighted by Gasteiger charge is 2.02. The van der Waals surface area contributed by atoms with Gasteiger partial charge in [-0.2, -0.15) is 0 Å². The van der Waals surface area contributed by atoms with Gasteiger partial charge in [-0.3, -0.25) is 0 Å². The molecule has 1 aromatic carbocycles. The van der Waals surface area contributed by atoms with Crippen molar-refractivity contribution in [1.82, 2.24) is 0 Å². The van der Waals surface area contributed by atoms with Crippen LogP contribution in [0.2, 0.25) is 0 Å². The van der Waals surface area contributed by atoms with E-state index in [-0.39, 0.29) is 17.9 Å². The fraction of sp³-hybridized carbons (Fsp3) is 0.333. The molecule has 1 aromatic rings. The summed E-state index contributed by atoms with van der Waals surface area (Å²) in [6.07, 6.45) is -0.675. The van der Waals surface area contributed by atoms with Crippen molar-refractivity contribution in [3.05, 3.63) is 23.8 Å². The van der Waals surface area contributed by atoms with Gasteiger partial charge in [0, 0.05) is 6.42 Å². The Morgan fingerprint density at radius 2 is 1.77 bits per heavy atom. The molecule has 0 bridgehead atoms. The van der Waals surface area contributed by atoms with E-state index < -0.39 is 6.29 Å². The molecule has 0 atom stereocenters. The predicted octanol–water partition coefficient (Wildman–Crippen LogP) is 0.341. The Morgan fingerprint density at radius 1 is 1.08 bits per heavy atom. The molecule has 4 N–H and O–H groups in total. The molecule has 0 heterocycles. The molecule has 72 valence electrons. The second-order valence-electron chi connectivity index (χ2n) is 2.84. The topological polar surface area (TPSA) is 80.9 Å². The third-order valence-corrected chi connectivity index (χ3v) is 1.73. The molecule has 0 fully saturated rings. The second-order valence-corrected chi connectivity index (χ2v) is 2.84. The average Bonchev–Trinajstić information content (AvgIpc) is 2.07. The summed E-state index contributed by atoms with van der Waals surface area (Å²) >= 11 is 0. The SMILES string of the molecule is Oc1ccc(CCC(O)O)cc1O. The van der Waals surface area contributed by atoms with E-state index in [0.29, 0.717) is 6.42 Å². The van der Waals surface area contributed by atoms with Crippen LogP contribution in [0, 0.1) is 0 Å². The quantitative estimate of drug-likeness (QED) is 0.403. The molecule has 0 saturated heterocycles. The Bertz CT molecular complexity index is 283. The minimum atomic E-state index is -1.34. The van der Waals surface area contributed by atoms with Gasteiger partial charge in [-0.1, -0.05) is 6.07 Å². The largest absolute Gasteiger partial charge is 0.504 e. The van der Waals surface area contributed by atoms with E-state index in [2.05, 4.69) is 0 Å². The van der Waals surface area contributed by atoms with Crippen molar-refractivity contribution in [2.24, 2.45) is 0 Å². The molecular formula is C9H12O4. The summed E-state index contributed by atoms with van der Waals surface area (Å²) in [5.74, 6) is -0.363. The first-order valence-corrected chi connectivity index (χ1v) is 3.96. The summed E-state index contributed by atoms with van der Waals surface area (Å²) in [6.45, 7) is 0. The summed E-state index contributed by atoms with van der Waals surface area (Å²) in [5, 5.41) is 35.2. The molecule has 0 radical (unpaired) electrons. The fourth-order valence-electron chi connectivity index (χ4n) is 1.02. The molecule has 0 aromatic heterocycles. The molecule has 4 nitrogen and oxygen atoms in total. The number of benzene rings is 1. The van der Waals surface area contributed by atoms with Crippen molar-refractivity contribution >= 4 is 0 Å². The molecule has 0 amide bonds. The van der Waals surface area contributed by atoms with Crippen molar-refractivity contribution in [2.45, 2.75) is 19.1 Å². The second kappa shape index (κ2) is 4.11. The van der Waals surface area contributed by atoms with Gasteiger partial charge in [0.25, 0.3) is 0 Å². The van der Waals surface area contributed by atoms with Crippen molar-refractivity contribution < 1.29 is 20.4 Å². The van der Waals surface area contributed by atoms with Gasteiger partial charge in [0.2, 0.25) is 0 Å². The van der Waals surface area contributed by atoms with E-state index in [4.69, 9.17) is 20.4 Å². The number of phenolic OH excluding ortho intramolecular Hbond substituents is 2. The van der Waals surface area contributed by atoms with Crippen LogP contribution in [0.25, 0.3) is 0 Å². The Hall–Kier alpha value is -1.26. The molecular weight excluding hydrogens is 172 g/mol. The lowest BCUT2D eigenvalue weighted by molar-refractivity contribution is -0.0447. The van der Waals surface area contributed by atoms with Gasteiger partial charge in [-0.15, -0.1) is 0 Å². The highest BCUT2D eigenvalue weighted by molar-refractivity contribution is 5.40. The highest BCUT2D eigenvalue weighted by atomic mass is 16.5. The molecule has 0 aliphatic carbocycles. The van der Waals surface area contributed by atoms with Crippen LogP contribution < -0.4 is 0 Å². The summed E-state index contributed by atoms with van der Waals surface area (Å²) in [4.78, 5) is 0. The van der Waals surface area contributed by atoms with Crippen LogP contribution in [0.5, 0.6) is 11.5 Å². The van der Waals surface area contributed by atoms with Crippen LogP contribution in [0.15, 0.2) is 18.2 Å². The predicted molar refractivity (Wildman–Crippen MR) is 46.3 cm³/mol. The summed E-state index contributed by atoms with van der Waals surface area (Å²) in [6, 6.07) is 4.39.